The van der Waals surface area contributed by atoms with Crippen LogP contribution in [0.1, 0.15) is 24.9 Å². The Kier molecular flexibility index (Phi) is 4.67. The molecule has 98 valence electrons. The molecule has 0 saturated heterocycles. The Balaban J connectivity index is 2.83. The second-order valence-electron chi connectivity index (χ2n) is 3.71. The summed E-state index contributed by atoms with van der Waals surface area (Å²) in [5.74, 6) is -1.12. The molecule has 0 fully saturated rings. The van der Waals surface area contributed by atoms with E-state index in [1.807, 2.05) is 0 Å². The molecule has 0 aromatic heterocycles. The van der Waals surface area contributed by atoms with Crippen LogP contribution in [0.5, 0.6) is 11.5 Å². The molecule has 0 aliphatic carbocycles. The monoisotopic (exact) mass is 253 g/mol. The van der Waals surface area contributed by atoms with Crippen molar-refractivity contribution in [2.45, 2.75) is 19.4 Å². The molecule has 6 heteroatoms. The minimum Gasteiger partial charge on any atom is -0.504 e. The van der Waals surface area contributed by atoms with Gasteiger partial charge in [0.05, 0.1) is 13.5 Å². The summed E-state index contributed by atoms with van der Waals surface area (Å²) >= 11 is 0. The van der Waals surface area contributed by atoms with Gasteiger partial charge in [-0.25, -0.2) is 0 Å². The molecule has 0 aliphatic rings. The molecule has 1 rings (SSSR count). The van der Waals surface area contributed by atoms with E-state index in [1.165, 1.54) is 26.2 Å². The molecule has 1 aromatic rings. The fourth-order valence-electron chi connectivity index (χ4n) is 1.39. The number of rotatable bonds is 4. The lowest BCUT2D eigenvalue weighted by Crippen LogP contribution is -2.16. The quantitative estimate of drug-likeness (QED) is 0.610. The van der Waals surface area contributed by atoms with Gasteiger partial charge in [-0.1, -0.05) is 6.07 Å². The highest BCUT2D eigenvalue weighted by atomic mass is 16.5. The molecule has 1 aromatic carbocycles. The van der Waals surface area contributed by atoms with E-state index in [2.05, 4.69) is 4.74 Å². The molecule has 0 saturated carbocycles. The van der Waals surface area contributed by atoms with Gasteiger partial charge in [-0.3, -0.25) is 9.59 Å². The Labute approximate surface area is 104 Å². The average Bonchev–Trinajstić information content (AvgIpc) is 2.30. The summed E-state index contributed by atoms with van der Waals surface area (Å²) in [6.07, 6.45) is 0.00283. The van der Waals surface area contributed by atoms with Gasteiger partial charge < -0.3 is 20.3 Å². The van der Waals surface area contributed by atoms with Gasteiger partial charge >= 0.3 is 11.9 Å². The first-order valence-corrected chi connectivity index (χ1v) is 5.27. The van der Waals surface area contributed by atoms with Gasteiger partial charge in [-0.2, -0.15) is 0 Å². The van der Waals surface area contributed by atoms with Gasteiger partial charge in [-0.15, -0.1) is 0 Å². The lowest BCUT2D eigenvalue weighted by atomic mass is 10.0. The Morgan fingerprint density at radius 2 is 2.11 bits per heavy atom. The van der Waals surface area contributed by atoms with Crippen LogP contribution in [-0.4, -0.2) is 24.2 Å². The molecule has 0 spiro atoms. The molecular weight excluding hydrogens is 238 g/mol. The van der Waals surface area contributed by atoms with Crippen LogP contribution < -0.4 is 10.5 Å². The van der Waals surface area contributed by atoms with E-state index in [1.54, 1.807) is 6.07 Å². The molecular formula is C12H15NO5. The Morgan fingerprint density at radius 1 is 1.44 bits per heavy atom. The summed E-state index contributed by atoms with van der Waals surface area (Å²) in [6, 6.07) is 3.76. The van der Waals surface area contributed by atoms with E-state index in [0.29, 0.717) is 5.56 Å². The lowest BCUT2D eigenvalue weighted by Gasteiger charge is -2.12. The van der Waals surface area contributed by atoms with Crippen molar-refractivity contribution >= 4 is 11.9 Å². The molecule has 0 bridgehead atoms. The minimum absolute atomic E-state index is 0.00283. The van der Waals surface area contributed by atoms with E-state index >= 15 is 0 Å². The van der Waals surface area contributed by atoms with Crippen molar-refractivity contribution in [3.8, 4) is 11.5 Å². The predicted molar refractivity (Wildman–Crippen MR) is 63.0 cm³/mol. The third-order valence-electron chi connectivity index (χ3n) is 2.28. The first-order valence-electron chi connectivity index (χ1n) is 5.27. The van der Waals surface area contributed by atoms with Crippen LogP contribution in [0.3, 0.4) is 0 Å². The molecule has 18 heavy (non-hydrogen) atoms. The Morgan fingerprint density at radius 3 is 2.61 bits per heavy atom. The van der Waals surface area contributed by atoms with Crippen molar-refractivity contribution in [1.82, 2.24) is 0 Å². The van der Waals surface area contributed by atoms with E-state index in [4.69, 9.17) is 10.5 Å². The number of phenolic OH excluding ortho intramolecular Hbond substituents is 1. The van der Waals surface area contributed by atoms with Crippen LogP contribution in [0.15, 0.2) is 18.2 Å². The van der Waals surface area contributed by atoms with Crippen molar-refractivity contribution in [1.29, 1.82) is 0 Å². The predicted octanol–water partition coefficient (Wildman–Crippen LogP) is 0.880. The summed E-state index contributed by atoms with van der Waals surface area (Å²) in [5.41, 5.74) is 6.32. The van der Waals surface area contributed by atoms with Crippen LogP contribution in [-0.2, 0) is 14.3 Å². The number of aromatic hydroxyl groups is 1. The highest BCUT2D eigenvalue weighted by Crippen LogP contribution is 2.29. The van der Waals surface area contributed by atoms with Crippen LogP contribution >= 0.6 is 0 Å². The zero-order chi connectivity index (χ0) is 13.7. The van der Waals surface area contributed by atoms with Gasteiger partial charge in [0, 0.05) is 13.0 Å². The van der Waals surface area contributed by atoms with Crippen LogP contribution in [0.2, 0.25) is 0 Å². The number of esters is 2. The molecule has 0 aliphatic heterocycles. The van der Waals surface area contributed by atoms with Gasteiger partial charge in [0.1, 0.15) is 0 Å². The second kappa shape index (κ2) is 6.02. The van der Waals surface area contributed by atoms with Crippen molar-refractivity contribution in [3.63, 3.8) is 0 Å². The third kappa shape index (κ3) is 3.74. The van der Waals surface area contributed by atoms with Crippen molar-refractivity contribution in [3.05, 3.63) is 23.8 Å². The minimum atomic E-state index is -0.588. The number of phenols is 1. The van der Waals surface area contributed by atoms with Gasteiger partial charge in [0.2, 0.25) is 0 Å². The normalized spacial score (nSPS) is 11.7. The Bertz CT molecular complexity index is 458. The first-order chi connectivity index (χ1) is 8.43. The van der Waals surface area contributed by atoms with E-state index in [-0.39, 0.29) is 17.9 Å². The maximum Gasteiger partial charge on any atom is 0.308 e. The van der Waals surface area contributed by atoms with Crippen molar-refractivity contribution < 1.29 is 24.2 Å². The topological polar surface area (TPSA) is 98.9 Å². The number of hydrogen-bond donors (Lipinski definition) is 2. The summed E-state index contributed by atoms with van der Waals surface area (Å²) in [5, 5.41) is 9.63. The van der Waals surface area contributed by atoms with Gasteiger partial charge in [0.15, 0.2) is 11.5 Å². The summed E-state index contributed by atoms with van der Waals surface area (Å²) in [4.78, 5) is 21.8. The number of nitrogens with two attached hydrogens (primary N) is 1. The van der Waals surface area contributed by atoms with Gasteiger partial charge in [-0.05, 0) is 17.7 Å². The average molecular weight is 253 g/mol. The highest BCUT2D eigenvalue weighted by Gasteiger charge is 2.14. The van der Waals surface area contributed by atoms with Crippen molar-refractivity contribution in [2.75, 3.05) is 7.11 Å². The maximum atomic E-state index is 11.1. The van der Waals surface area contributed by atoms with Gasteiger partial charge in [0.25, 0.3) is 0 Å². The van der Waals surface area contributed by atoms with Crippen LogP contribution in [0.4, 0.5) is 0 Å². The fourth-order valence-corrected chi connectivity index (χ4v) is 1.39. The number of ether oxygens (including phenoxy) is 2. The molecule has 0 amide bonds. The van der Waals surface area contributed by atoms with E-state index in [9.17, 15) is 14.7 Å². The lowest BCUT2D eigenvalue weighted by molar-refractivity contribution is -0.141. The number of carbonyl (C=O) groups is 2. The molecule has 6 nitrogen and oxygen atoms in total. The van der Waals surface area contributed by atoms with Crippen LogP contribution in [0, 0.1) is 0 Å². The van der Waals surface area contributed by atoms with Crippen LogP contribution in [0.25, 0.3) is 0 Å². The number of benzene rings is 1. The maximum absolute atomic E-state index is 11.1. The SMILES string of the molecule is COC(=O)C[C@@H](N)c1ccc(OC(C)=O)c(O)c1. The molecule has 1 atom stereocenters. The number of methoxy groups -OCH3 is 1. The Hall–Kier alpha value is -2.08. The fraction of sp³-hybridized carbons (Fsp3) is 0.333. The second-order valence-corrected chi connectivity index (χ2v) is 3.71. The highest BCUT2D eigenvalue weighted by molar-refractivity contribution is 5.71. The summed E-state index contributed by atoms with van der Waals surface area (Å²) in [6.45, 7) is 1.23. The van der Waals surface area contributed by atoms with Crippen molar-refractivity contribution in [2.24, 2.45) is 5.73 Å². The molecule has 0 heterocycles. The smallest absolute Gasteiger partial charge is 0.308 e. The molecule has 3 N–H and O–H groups in total. The zero-order valence-corrected chi connectivity index (χ0v) is 10.2. The number of carbonyl (C=O) groups excluding carboxylic acids is 2. The molecule has 0 unspecified atom stereocenters. The zero-order valence-electron chi connectivity index (χ0n) is 10.2. The standard InChI is InChI=1S/C12H15NO5/c1-7(14)18-11-4-3-8(5-10(11)15)9(13)6-12(16)17-2/h3-5,9,15H,6,13H2,1-2H3/t9-/m1/s1. The summed E-state index contributed by atoms with van der Waals surface area (Å²) in [7, 11) is 1.27. The first kappa shape index (κ1) is 14.0. The van der Waals surface area contributed by atoms with E-state index < -0.39 is 18.0 Å². The largest absolute Gasteiger partial charge is 0.504 e. The van der Waals surface area contributed by atoms with E-state index in [0.717, 1.165) is 0 Å². The summed E-state index contributed by atoms with van der Waals surface area (Å²) < 4.78 is 9.26. The number of hydrogen-bond acceptors (Lipinski definition) is 6. The third-order valence-corrected chi connectivity index (χ3v) is 2.28. The molecule has 0 radical (unpaired) electrons.